The molecule has 1 aromatic heterocycles. The molecule has 2 amide bonds. The Labute approximate surface area is 208 Å². The Morgan fingerprint density at radius 3 is 2.61 bits per heavy atom. The highest BCUT2D eigenvalue weighted by Crippen LogP contribution is 2.74. The SMILES string of the molecule is CCC1([C@H](OC(N)=O)C(=O)c2nc3ccc(F)cc3o2)CC1(C(=O)N1CCOCC1)C1CCCCC1. The van der Waals surface area contributed by atoms with Crippen molar-refractivity contribution in [3.05, 3.63) is 29.9 Å². The number of oxazole rings is 1. The molecule has 194 valence electrons. The molecule has 1 aliphatic heterocycles. The van der Waals surface area contributed by atoms with Crippen LogP contribution in [0.25, 0.3) is 11.1 Å². The number of hydrogen-bond donors (Lipinski definition) is 1. The minimum absolute atomic E-state index is 0.00921. The van der Waals surface area contributed by atoms with Crippen molar-refractivity contribution < 1.29 is 32.7 Å². The molecule has 3 fully saturated rings. The number of fused-ring (bicyclic) bond motifs is 1. The van der Waals surface area contributed by atoms with Crippen molar-refractivity contribution in [2.45, 2.75) is 58.0 Å². The molecule has 2 unspecified atom stereocenters. The van der Waals surface area contributed by atoms with Gasteiger partial charge in [-0.15, -0.1) is 0 Å². The van der Waals surface area contributed by atoms with Gasteiger partial charge in [0.2, 0.25) is 5.91 Å². The number of carbonyl (C=O) groups excluding carboxylic acids is 3. The molecule has 2 saturated carbocycles. The molecule has 2 heterocycles. The number of hydrogen-bond acceptors (Lipinski definition) is 7. The molecule has 3 aliphatic rings. The molecule has 0 spiro atoms. The van der Waals surface area contributed by atoms with Crippen LogP contribution in [0, 0.1) is 22.6 Å². The summed E-state index contributed by atoms with van der Waals surface area (Å²) in [5.41, 5.74) is 4.07. The summed E-state index contributed by atoms with van der Waals surface area (Å²) in [6.07, 6.45) is 3.26. The van der Waals surface area contributed by atoms with E-state index in [2.05, 4.69) is 4.98 Å². The number of rotatable bonds is 7. The number of morpholine rings is 1. The van der Waals surface area contributed by atoms with E-state index in [0.717, 1.165) is 38.2 Å². The molecule has 1 aromatic carbocycles. The maximum absolute atomic E-state index is 14.2. The van der Waals surface area contributed by atoms with Gasteiger partial charge in [0.15, 0.2) is 11.7 Å². The van der Waals surface area contributed by atoms with Crippen LogP contribution in [0.2, 0.25) is 0 Å². The van der Waals surface area contributed by atoms with Crippen molar-refractivity contribution in [3.63, 3.8) is 0 Å². The highest BCUT2D eigenvalue weighted by atomic mass is 19.1. The lowest BCUT2D eigenvalue weighted by Crippen LogP contribution is -2.51. The van der Waals surface area contributed by atoms with E-state index < -0.39 is 34.6 Å². The summed E-state index contributed by atoms with van der Waals surface area (Å²) in [5.74, 6) is -1.43. The Hall–Kier alpha value is -3.01. The van der Waals surface area contributed by atoms with Crippen molar-refractivity contribution in [2.75, 3.05) is 26.3 Å². The number of ether oxygens (including phenoxy) is 2. The van der Waals surface area contributed by atoms with Gasteiger partial charge in [0.1, 0.15) is 11.3 Å². The highest BCUT2D eigenvalue weighted by molar-refractivity contribution is 6.01. The molecule has 3 atom stereocenters. The summed E-state index contributed by atoms with van der Waals surface area (Å²) in [4.78, 5) is 46.1. The smallest absolute Gasteiger partial charge is 0.405 e. The van der Waals surface area contributed by atoms with Crippen LogP contribution in [-0.2, 0) is 14.3 Å². The number of Topliss-reactive ketones (excluding diaryl/α,β-unsaturated/α-hetero) is 1. The Kier molecular flexibility index (Phi) is 6.48. The van der Waals surface area contributed by atoms with E-state index in [1.807, 2.05) is 11.8 Å². The lowest BCUT2D eigenvalue weighted by atomic mass is 9.70. The topological polar surface area (TPSA) is 125 Å². The van der Waals surface area contributed by atoms with Crippen molar-refractivity contribution >= 4 is 28.9 Å². The molecular formula is C26H32FN3O6. The van der Waals surface area contributed by atoms with E-state index in [1.165, 1.54) is 12.1 Å². The summed E-state index contributed by atoms with van der Waals surface area (Å²) in [6.45, 7) is 3.80. The Morgan fingerprint density at radius 1 is 1.22 bits per heavy atom. The first kappa shape index (κ1) is 24.7. The second-order valence-electron chi connectivity index (χ2n) is 10.2. The van der Waals surface area contributed by atoms with Crippen LogP contribution in [0.1, 0.15) is 62.6 Å². The first-order chi connectivity index (χ1) is 17.3. The zero-order valence-corrected chi connectivity index (χ0v) is 20.5. The van der Waals surface area contributed by atoms with Crippen LogP contribution in [0.3, 0.4) is 0 Å². The monoisotopic (exact) mass is 501 g/mol. The zero-order chi connectivity index (χ0) is 25.5. The summed E-state index contributed by atoms with van der Waals surface area (Å²) in [6, 6.07) is 3.78. The average Bonchev–Trinajstić information content (AvgIpc) is 3.42. The maximum Gasteiger partial charge on any atom is 0.405 e. The van der Waals surface area contributed by atoms with Gasteiger partial charge >= 0.3 is 6.09 Å². The largest absolute Gasteiger partial charge is 0.437 e. The fraction of sp³-hybridized carbons (Fsp3) is 0.615. The van der Waals surface area contributed by atoms with Gasteiger partial charge in [-0.25, -0.2) is 14.2 Å². The Bertz CT molecular complexity index is 1170. The van der Waals surface area contributed by atoms with Crippen LogP contribution in [0.4, 0.5) is 9.18 Å². The number of benzene rings is 1. The van der Waals surface area contributed by atoms with Crippen LogP contribution in [0.15, 0.2) is 22.6 Å². The van der Waals surface area contributed by atoms with E-state index in [-0.39, 0.29) is 23.3 Å². The van der Waals surface area contributed by atoms with Gasteiger partial charge in [0, 0.05) is 24.6 Å². The summed E-state index contributed by atoms with van der Waals surface area (Å²) < 4.78 is 30.2. The second-order valence-corrected chi connectivity index (χ2v) is 10.2. The van der Waals surface area contributed by atoms with Crippen molar-refractivity contribution in [2.24, 2.45) is 22.5 Å². The summed E-state index contributed by atoms with van der Waals surface area (Å²) >= 11 is 0. The molecule has 0 bridgehead atoms. The van der Waals surface area contributed by atoms with Gasteiger partial charge in [-0.2, -0.15) is 0 Å². The maximum atomic E-state index is 14.2. The lowest BCUT2D eigenvalue weighted by molar-refractivity contribution is -0.147. The van der Waals surface area contributed by atoms with Crippen LogP contribution in [-0.4, -0.2) is 60.1 Å². The van der Waals surface area contributed by atoms with Gasteiger partial charge in [-0.1, -0.05) is 26.2 Å². The van der Waals surface area contributed by atoms with E-state index in [9.17, 15) is 18.8 Å². The molecule has 9 nitrogen and oxygen atoms in total. The van der Waals surface area contributed by atoms with Crippen LogP contribution < -0.4 is 5.73 Å². The fourth-order valence-electron chi connectivity index (χ4n) is 6.71. The number of primary amides is 1. The zero-order valence-electron chi connectivity index (χ0n) is 20.5. The molecule has 2 aromatic rings. The van der Waals surface area contributed by atoms with Crippen LogP contribution in [0.5, 0.6) is 0 Å². The fourth-order valence-corrected chi connectivity index (χ4v) is 6.71. The normalized spacial score (nSPS) is 27.6. The Balaban J connectivity index is 1.56. The predicted molar refractivity (Wildman–Crippen MR) is 127 cm³/mol. The lowest BCUT2D eigenvalue weighted by Gasteiger charge is -2.40. The number of nitrogens with zero attached hydrogens (tertiary/aromatic N) is 2. The number of aromatic nitrogens is 1. The van der Waals surface area contributed by atoms with Crippen molar-refractivity contribution in [1.29, 1.82) is 0 Å². The summed E-state index contributed by atoms with van der Waals surface area (Å²) in [7, 11) is 0. The molecule has 1 saturated heterocycles. The van der Waals surface area contributed by atoms with Gasteiger partial charge < -0.3 is 24.5 Å². The van der Waals surface area contributed by atoms with Crippen LogP contribution >= 0.6 is 0 Å². The van der Waals surface area contributed by atoms with Gasteiger partial charge in [0.25, 0.3) is 11.7 Å². The van der Waals surface area contributed by atoms with Crippen molar-refractivity contribution in [1.82, 2.24) is 9.88 Å². The number of nitrogens with two attached hydrogens (primary N) is 1. The number of amides is 2. The standard InChI is InChI=1S/C26H32FN3O6/c1-2-25(15-26(25,16-6-4-3-5-7-16)23(32)30-10-12-34-13-11-30)21(36-24(28)33)20(31)22-29-18-9-8-17(27)14-19(18)35-22/h8-9,14,16,21H,2-7,10-13,15H2,1H3,(H2,28,33)/t21-,25?,26?/m1/s1. The number of ketones is 1. The van der Waals surface area contributed by atoms with E-state index >= 15 is 0 Å². The first-order valence-electron chi connectivity index (χ1n) is 12.8. The number of halogens is 1. The first-order valence-corrected chi connectivity index (χ1v) is 12.8. The average molecular weight is 502 g/mol. The van der Waals surface area contributed by atoms with E-state index in [0.29, 0.717) is 44.7 Å². The molecule has 36 heavy (non-hydrogen) atoms. The third kappa shape index (κ3) is 3.95. The third-order valence-electron chi connectivity index (χ3n) is 8.51. The minimum atomic E-state index is -1.34. The predicted octanol–water partition coefficient (Wildman–Crippen LogP) is 3.84. The molecule has 10 heteroatoms. The minimum Gasteiger partial charge on any atom is -0.437 e. The molecule has 0 radical (unpaired) electrons. The second kappa shape index (κ2) is 9.46. The van der Waals surface area contributed by atoms with E-state index in [1.54, 1.807) is 0 Å². The van der Waals surface area contributed by atoms with E-state index in [4.69, 9.17) is 19.6 Å². The van der Waals surface area contributed by atoms with Gasteiger partial charge in [0.05, 0.1) is 18.6 Å². The Morgan fingerprint density at radius 2 is 1.94 bits per heavy atom. The molecule has 2 aliphatic carbocycles. The van der Waals surface area contributed by atoms with Crippen molar-refractivity contribution in [3.8, 4) is 0 Å². The molecular weight excluding hydrogens is 469 g/mol. The van der Waals surface area contributed by atoms with Gasteiger partial charge in [-0.3, -0.25) is 9.59 Å². The van der Waals surface area contributed by atoms with Gasteiger partial charge in [-0.05, 0) is 43.7 Å². The summed E-state index contributed by atoms with van der Waals surface area (Å²) in [5, 5.41) is 0. The third-order valence-corrected chi connectivity index (χ3v) is 8.51. The quantitative estimate of drug-likeness (QED) is 0.572. The number of carbonyl (C=O) groups is 3. The molecule has 2 N–H and O–H groups in total. The highest BCUT2D eigenvalue weighted by Gasteiger charge is 2.79. The molecule has 5 rings (SSSR count).